The second kappa shape index (κ2) is 7.67. The largest absolute Gasteiger partial charge is 0.275 e. The number of aromatic nitrogens is 2. The van der Waals surface area contributed by atoms with E-state index in [9.17, 15) is 22.0 Å². The van der Waals surface area contributed by atoms with E-state index in [0.717, 1.165) is 31.4 Å². The first-order chi connectivity index (χ1) is 14.5. The molecule has 0 spiro atoms. The number of sulfone groups is 1. The van der Waals surface area contributed by atoms with E-state index >= 15 is 0 Å². The maximum absolute atomic E-state index is 14.0. The highest BCUT2D eigenvalue weighted by molar-refractivity contribution is 7.93. The van der Waals surface area contributed by atoms with Crippen LogP contribution in [0.2, 0.25) is 0 Å². The average Bonchev–Trinajstić information content (AvgIpc) is 3.53. The van der Waals surface area contributed by atoms with Gasteiger partial charge in [-0.15, -0.1) is 0 Å². The molecule has 31 heavy (non-hydrogen) atoms. The quantitative estimate of drug-likeness (QED) is 0.553. The summed E-state index contributed by atoms with van der Waals surface area (Å²) < 4.78 is 52.6. The zero-order valence-electron chi connectivity index (χ0n) is 17.1. The van der Waals surface area contributed by atoms with Gasteiger partial charge in [0.05, 0.1) is 17.1 Å². The number of halogens is 2. The van der Waals surface area contributed by atoms with Gasteiger partial charge in [0.15, 0.2) is 9.84 Å². The molecule has 1 saturated carbocycles. The molecule has 0 unspecified atom stereocenters. The van der Waals surface area contributed by atoms with Crippen molar-refractivity contribution in [1.29, 1.82) is 0 Å². The van der Waals surface area contributed by atoms with Crippen LogP contribution in [0.15, 0.2) is 64.8 Å². The van der Waals surface area contributed by atoms with Gasteiger partial charge in [0, 0.05) is 35.1 Å². The molecule has 1 aromatic heterocycles. The Morgan fingerprint density at radius 2 is 1.81 bits per heavy atom. The molecule has 4 rings (SSSR count). The fourth-order valence-corrected chi connectivity index (χ4v) is 4.09. The third-order valence-corrected chi connectivity index (χ3v) is 6.04. The van der Waals surface area contributed by atoms with Crippen LogP contribution in [0.25, 0.3) is 22.0 Å². The molecule has 1 aliphatic carbocycles. The van der Waals surface area contributed by atoms with E-state index in [1.54, 1.807) is 24.3 Å². The Morgan fingerprint density at radius 3 is 2.39 bits per heavy atom. The fraction of sp³-hybridized carbons (Fsp3) is 0.304. The number of benzene rings is 2. The van der Waals surface area contributed by atoms with Crippen molar-refractivity contribution in [2.24, 2.45) is 5.92 Å². The molecular weight excluding hydrogens is 422 g/mol. The summed E-state index contributed by atoms with van der Waals surface area (Å²) in [5.41, 5.74) is 0.446. The molecular formula is C23H22F2N2O3S. The molecule has 2 aromatic carbocycles. The molecule has 0 saturated heterocycles. The summed E-state index contributed by atoms with van der Waals surface area (Å²) >= 11 is 0. The van der Waals surface area contributed by atoms with E-state index in [1.807, 2.05) is 6.07 Å². The summed E-state index contributed by atoms with van der Waals surface area (Å²) in [6.07, 6.45) is 4.29. The summed E-state index contributed by atoms with van der Waals surface area (Å²) in [7, 11) is -3.38. The van der Waals surface area contributed by atoms with E-state index in [2.05, 4.69) is 5.10 Å². The number of rotatable bonds is 6. The minimum Gasteiger partial charge on any atom is -0.267 e. The average molecular weight is 445 g/mol. The van der Waals surface area contributed by atoms with Crippen LogP contribution in [-0.4, -0.2) is 24.5 Å². The lowest BCUT2D eigenvalue weighted by atomic mass is 10.00. The van der Waals surface area contributed by atoms with Gasteiger partial charge in [0.2, 0.25) is 0 Å². The molecule has 3 aromatic rings. The molecule has 162 valence electrons. The van der Waals surface area contributed by atoms with Crippen LogP contribution >= 0.6 is 0 Å². The summed E-state index contributed by atoms with van der Waals surface area (Å²) in [5, 5.41) is 6.27. The van der Waals surface area contributed by atoms with Crippen LogP contribution in [0.3, 0.4) is 0 Å². The highest BCUT2D eigenvalue weighted by Crippen LogP contribution is 2.40. The van der Waals surface area contributed by atoms with Crippen molar-refractivity contribution in [3.8, 4) is 11.3 Å². The monoisotopic (exact) mass is 444 g/mol. The predicted molar refractivity (Wildman–Crippen MR) is 117 cm³/mol. The van der Waals surface area contributed by atoms with Gasteiger partial charge in [0.25, 0.3) is 11.5 Å². The van der Waals surface area contributed by atoms with Gasteiger partial charge < -0.3 is 0 Å². The van der Waals surface area contributed by atoms with Gasteiger partial charge in [0.1, 0.15) is 0 Å². The molecule has 1 atom stereocenters. The van der Waals surface area contributed by atoms with Crippen molar-refractivity contribution < 1.29 is 17.2 Å². The molecule has 5 nitrogen and oxygen atoms in total. The van der Waals surface area contributed by atoms with Crippen LogP contribution in [-0.2, 0) is 15.8 Å². The smallest absolute Gasteiger partial charge is 0.267 e. The molecule has 8 heteroatoms. The topological polar surface area (TPSA) is 69.0 Å². The van der Waals surface area contributed by atoms with Crippen molar-refractivity contribution in [2.75, 3.05) is 6.26 Å². The minimum atomic E-state index is -3.38. The normalized spacial score (nSPS) is 16.1. The lowest BCUT2D eigenvalue weighted by Crippen LogP contribution is -2.28. The van der Waals surface area contributed by atoms with Crippen LogP contribution in [0.1, 0.15) is 31.4 Å². The highest BCUT2D eigenvalue weighted by atomic mass is 32.2. The Bertz CT molecular complexity index is 1320. The first kappa shape index (κ1) is 21.4. The number of hydrogen-bond acceptors (Lipinski definition) is 4. The Kier molecular flexibility index (Phi) is 5.29. The molecule has 0 aliphatic heterocycles. The Labute approximate surface area is 178 Å². The van der Waals surface area contributed by atoms with Crippen molar-refractivity contribution in [3.63, 3.8) is 0 Å². The molecule has 1 heterocycles. The van der Waals surface area contributed by atoms with Crippen molar-refractivity contribution in [2.45, 2.75) is 31.7 Å². The SMILES string of the molecule is CC(F)(F)c1ccc2c(=O)n([C@H](/C=C/S(C)(=O)=O)C3CC3)nc(-c3ccccc3)c2c1. The van der Waals surface area contributed by atoms with Gasteiger partial charge in [-0.3, -0.25) is 4.79 Å². The molecule has 1 aliphatic rings. The summed E-state index contributed by atoms with van der Waals surface area (Å²) in [6.45, 7) is 0.810. The summed E-state index contributed by atoms with van der Waals surface area (Å²) in [4.78, 5) is 13.3. The van der Waals surface area contributed by atoms with Gasteiger partial charge >= 0.3 is 0 Å². The van der Waals surface area contributed by atoms with Crippen molar-refractivity contribution in [3.05, 3.63) is 75.9 Å². The van der Waals surface area contributed by atoms with Gasteiger partial charge in [-0.05, 0) is 37.0 Å². The first-order valence-corrected chi connectivity index (χ1v) is 11.9. The molecule has 0 N–H and O–H groups in total. The van der Waals surface area contributed by atoms with E-state index in [0.29, 0.717) is 16.6 Å². The third-order valence-electron chi connectivity index (χ3n) is 5.39. The van der Waals surface area contributed by atoms with Gasteiger partial charge in [-0.1, -0.05) is 36.4 Å². The first-order valence-electron chi connectivity index (χ1n) is 9.93. The zero-order valence-corrected chi connectivity index (χ0v) is 17.9. The van der Waals surface area contributed by atoms with Crippen LogP contribution in [0.5, 0.6) is 0 Å². The van der Waals surface area contributed by atoms with Crippen LogP contribution < -0.4 is 5.56 Å². The van der Waals surface area contributed by atoms with E-state index in [4.69, 9.17) is 0 Å². The lowest BCUT2D eigenvalue weighted by molar-refractivity contribution is 0.0176. The maximum Gasteiger partial charge on any atom is 0.275 e. The number of nitrogens with zero attached hydrogens (tertiary/aromatic N) is 2. The number of alkyl halides is 2. The Balaban J connectivity index is 2.01. The van der Waals surface area contributed by atoms with Gasteiger partial charge in [-0.25, -0.2) is 21.9 Å². The second-order valence-corrected chi connectivity index (χ2v) is 10.0. The summed E-state index contributed by atoms with van der Waals surface area (Å²) in [6, 6.07) is 12.5. The Hall–Kier alpha value is -2.87. The van der Waals surface area contributed by atoms with Crippen molar-refractivity contribution >= 4 is 20.6 Å². The lowest BCUT2D eigenvalue weighted by Gasteiger charge is -2.19. The molecule has 0 radical (unpaired) electrons. The third kappa shape index (κ3) is 4.58. The van der Waals surface area contributed by atoms with E-state index in [1.165, 1.54) is 29.0 Å². The second-order valence-electron chi connectivity index (χ2n) is 8.10. The van der Waals surface area contributed by atoms with E-state index < -0.39 is 27.4 Å². The minimum absolute atomic E-state index is 0.100. The summed E-state index contributed by atoms with van der Waals surface area (Å²) in [5.74, 6) is -2.96. The van der Waals surface area contributed by atoms with E-state index in [-0.39, 0.29) is 16.9 Å². The molecule has 0 amide bonds. The van der Waals surface area contributed by atoms with Crippen LogP contribution in [0.4, 0.5) is 8.78 Å². The molecule has 1 fully saturated rings. The molecule has 0 bridgehead atoms. The predicted octanol–water partition coefficient (Wildman–Crippen LogP) is 4.68. The van der Waals surface area contributed by atoms with Crippen LogP contribution in [0, 0.1) is 5.92 Å². The number of fused-ring (bicyclic) bond motifs is 1. The number of allylic oxidation sites excluding steroid dienone is 1. The van der Waals surface area contributed by atoms with Gasteiger partial charge in [-0.2, -0.15) is 5.10 Å². The zero-order chi connectivity index (χ0) is 22.4. The van der Waals surface area contributed by atoms with Crippen molar-refractivity contribution in [1.82, 2.24) is 9.78 Å². The fourth-order valence-electron chi connectivity index (χ4n) is 3.64. The Morgan fingerprint density at radius 1 is 1.13 bits per heavy atom. The number of hydrogen-bond donors (Lipinski definition) is 0. The maximum atomic E-state index is 14.0. The standard InChI is InChI=1S/C23H22F2N2O3S/c1-23(24,25)17-10-11-18-19(14-17)21(16-6-4-3-5-7-16)26-27(22(18)28)20(15-8-9-15)12-13-31(2,29)30/h3-7,10-15,20H,8-9H2,1-2H3/b13-12+/t20-/m1/s1. The highest BCUT2D eigenvalue weighted by Gasteiger charge is 2.33.